The number of aromatic nitrogens is 2. The van der Waals surface area contributed by atoms with Gasteiger partial charge in [0.15, 0.2) is 0 Å². The second kappa shape index (κ2) is 7.17. The molecule has 0 aliphatic carbocycles. The van der Waals surface area contributed by atoms with Gasteiger partial charge in [-0.2, -0.15) is 0 Å². The van der Waals surface area contributed by atoms with E-state index in [1.165, 1.54) is 12.1 Å². The lowest BCUT2D eigenvalue weighted by Crippen LogP contribution is -2.31. The van der Waals surface area contributed by atoms with Crippen LogP contribution in [0.1, 0.15) is 18.2 Å². The van der Waals surface area contributed by atoms with Crippen molar-refractivity contribution in [2.45, 2.75) is 19.4 Å². The van der Waals surface area contributed by atoms with E-state index >= 15 is 0 Å². The van der Waals surface area contributed by atoms with Crippen molar-refractivity contribution in [1.82, 2.24) is 14.9 Å². The van der Waals surface area contributed by atoms with Gasteiger partial charge in [-0.05, 0) is 32.6 Å². The Morgan fingerprint density at radius 2 is 2.09 bits per heavy atom. The zero-order chi connectivity index (χ0) is 16.1. The number of benzene rings is 1. The van der Waals surface area contributed by atoms with Gasteiger partial charge in [-0.3, -0.25) is 9.78 Å². The number of halogens is 1. The quantitative estimate of drug-likeness (QED) is 0.855. The normalized spacial score (nSPS) is 12.4. The topological polar surface area (TPSA) is 61.0 Å². The molecule has 1 aromatic heterocycles. The van der Waals surface area contributed by atoms with E-state index in [4.69, 9.17) is 0 Å². The van der Waals surface area contributed by atoms with Gasteiger partial charge >= 0.3 is 0 Å². The Bertz CT molecular complexity index is 684. The molecular formula is C16H21FN4O. The summed E-state index contributed by atoms with van der Waals surface area (Å²) >= 11 is 0. The third-order valence-corrected chi connectivity index (χ3v) is 3.15. The number of hydrogen-bond donors (Lipinski definition) is 2. The van der Waals surface area contributed by atoms with Crippen LogP contribution >= 0.6 is 0 Å². The number of likely N-dealkylation sites (N-methyl/N-ethyl adjacent to an activating group) is 1. The summed E-state index contributed by atoms with van der Waals surface area (Å²) in [5.74, 6) is 0.119. The Labute approximate surface area is 129 Å². The Kier molecular flexibility index (Phi) is 5.27. The van der Waals surface area contributed by atoms with Crippen molar-refractivity contribution < 1.29 is 4.39 Å². The predicted molar refractivity (Wildman–Crippen MR) is 85.7 cm³/mol. The van der Waals surface area contributed by atoms with Crippen LogP contribution in [0.2, 0.25) is 0 Å². The number of rotatable bonds is 6. The van der Waals surface area contributed by atoms with Gasteiger partial charge in [-0.1, -0.05) is 18.2 Å². The summed E-state index contributed by atoms with van der Waals surface area (Å²) < 4.78 is 13.7. The maximum Gasteiger partial charge on any atom is 0.252 e. The first-order valence-electron chi connectivity index (χ1n) is 7.19. The molecule has 0 saturated carbocycles. The molecule has 2 aromatic rings. The lowest BCUT2D eigenvalue weighted by atomic mass is 10.1. The minimum absolute atomic E-state index is 0.127. The van der Waals surface area contributed by atoms with Crippen LogP contribution in [0.3, 0.4) is 0 Å². The van der Waals surface area contributed by atoms with Gasteiger partial charge in [0.1, 0.15) is 5.82 Å². The number of aromatic amines is 1. The Hall–Kier alpha value is -2.21. The Balaban J connectivity index is 2.16. The molecule has 0 bridgehead atoms. The van der Waals surface area contributed by atoms with Crippen LogP contribution in [-0.2, 0) is 6.42 Å². The summed E-state index contributed by atoms with van der Waals surface area (Å²) in [7, 11) is 3.95. The average molecular weight is 304 g/mol. The standard InChI is InChI=1S/C16H21FN4O/c1-11(10-21(2)3)18-16-19-13(9-15(22)20-16)8-12-6-4-5-7-14(12)17/h4-7,9,11H,8,10H2,1-3H3,(H2,18,19,20,22)/t11-/m0/s1. The smallest absolute Gasteiger partial charge is 0.252 e. The molecule has 0 radical (unpaired) electrons. The number of nitrogens with one attached hydrogen (secondary N) is 2. The van der Waals surface area contributed by atoms with E-state index in [1.807, 2.05) is 25.9 Å². The predicted octanol–water partition coefficient (Wildman–Crippen LogP) is 1.86. The van der Waals surface area contributed by atoms with Crippen LogP contribution in [0.5, 0.6) is 0 Å². The molecule has 0 unspecified atom stereocenters. The lowest BCUT2D eigenvalue weighted by Gasteiger charge is -2.18. The van der Waals surface area contributed by atoms with Gasteiger partial charge in [0.05, 0.1) is 5.69 Å². The fourth-order valence-corrected chi connectivity index (χ4v) is 2.33. The molecule has 5 nitrogen and oxygen atoms in total. The highest BCUT2D eigenvalue weighted by molar-refractivity contribution is 5.29. The first-order valence-corrected chi connectivity index (χ1v) is 7.19. The van der Waals surface area contributed by atoms with Crippen molar-refractivity contribution in [3.05, 3.63) is 57.8 Å². The summed E-state index contributed by atoms with van der Waals surface area (Å²) in [4.78, 5) is 20.8. The molecule has 0 spiro atoms. The van der Waals surface area contributed by atoms with E-state index in [2.05, 4.69) is 15.3 Å². The SMILES string of the molecule is C[C@@H](CN(C)C)Nc1nc(Cc2ccccc2F)cc(=O)[nH]1. The van der Waals surface area contributed by atoms with Crippen molar-refractivity contribution in [2.75, 3.05) is 26.0 Å². The maximum absolute atomic E-state index is 13.7. The number of nitrogens with zero attached hydrogens (tertiary/aromatic N) is 2. The summed E-state index contributed by atoms with van der Waals surface area (Å²) in [5, 5.41) is 3.15. The molecule has 2 rings (SSSR count). The fourth-order valence-electron chi connectivity index (χ4n) is 2.33. The highest BCUT2D eigenvalue weighted by atomic mass is 19.1. The van der Waals surface area contributed by atoms with Gasteiger partial charge in [0, 0.05) is 25.1 Å². The second-order valence-electron chi connectivity index (χ2n) is 5.66. The molecular weight excluding hydrogens is 283 g/mol. The highest BCUT2D eigenvalue weighted by Crippen LogP contribution is 2.11. The van der Waals surface area contributed by atoms with Gasteiger partial charge in [0.2, 0.25) is 5.95 Å². The number of H-pyrrole nitrogens is 1. The van der Waals surface area contributed by atoms with Crippen LogP contribution in [-0.4, -0.2) is 41.5 Å². The number of hydrogen-bond acceptors (Lipinski definition) is 4. The van der Waals surface area contributed by atoms with Crippen LogP contribution in [0.15, 0.2) is 35.1 Å². The van der Waals surface area contributed by atoms with Gasteiger partial charge in [-0.25, -0.2) is 9.37 Å². The van der Waals surface area contributed by atoms with Crippen molar-refractivity contribution in [1.29, 1.82) is 0 Å². The molecule has 6 heteroatoms. The molecule has 0 fully saturated rings. The van der Waals surface area contributed by atoms with Gasteiger partial charge in [-0.15, -0.1) is 0 Å². The van der Waals surface area contributed by atoms with E-state index in [9.17, 15) is 9.18 Å². The molecule has 1 heterocycles. The maximum atomic E-state index is 13.7. The molecule has 118 valence electrons. The number of anilines is 1. The largest absolute Gasteiger partial charge is 0.352 e. The van der Waals surface area contributed by atoms with Crippen molar-refractivity contribution in [3.8, 4) is 0 Å². The van der Waals surface area contributed by atoms with Crippen LogP contribution in [0, 0.1) is 5.82 Å². The molecule has 22 heavy (non-hydrogen) atoms. The Morgan fingerprint density at radius 1 is 1.36 bits per heavy atom. The summed E-state index contributed by atoms with van der Waals surface area (Å²) in [6.45, 7) is 2.81. The minimum Gasteiger partial charge on any atom is -0.352 e. The van der Waals surface area contributed by atoms with E-state index < -0.39 is 0 Å². The zero-order valence-corrected chi connectivity index (χ0v) is 13.1. The second-order valence-corrected chi connectivity index (χ2v) is 5.66. The first-order chi connectivity index (χ1) is 10.4. The molecule has 0 saturated heterocycles. The van der Waals surface area contributed by atoms with Crippen LogP contribution in [0.4, 0.5) is 10.3 Å². The fraction of sp³-hybridized carbons (Fsp3) is 0.375. The van der Waals surface area contributed by atoms with Crippen molar-refractivity contribution >= 4 is 5.95 Å². The minimum atomic E-state index is -0.292. The summed E-state index contributed by atoms with van der Waals surface area (Å²) in [6, 6.07) is 8.03. The van der Waals surface area contributed by atoms with Crippen LogP contribution < -0.4 is 10.9 Å². The van der Waals surface area contributed by atoms with E-state index in [1.54, 1.807) is 18.2 Å². The Morgan fingerprint density at radius 3 is 2.77 bits per heavy atom. The summed E-state index contributed by atoms with van der Waals surface area (Å²) in [6.07, 6.45) is 0.285. The highest BCUT2D eigenvalue weighted by Gasteiger charge is 2.09. The zero-order valence-electron chi connectivity index (χ0n) is 13.1. The molecule has 1 atom stereocenters. The average Bonchev–Trinajstić information content (AvgIpc) is 2.39. The molecule has 0 amide bonds. The third-order valence-electron chi connectivity index (χ3n) is 3.15. The molecule has 0 aliphatic rings. The lowest BCUT2D eigenvalue weighted by molar-refractivity contribution is 0.391. The van der Waals surface area contributed by atoms with Gasteiger partial charge < -0.3 is 10.2 Å². The van der Waals surface area contributed by atoms with E-state index in [0.29, 0.717) is 17.2 Å². The summed E-state index contributed by atoms with van der Waals surface area (Å²) in [5.41, 5.74) is 0.808. The van der Waals surface area contributed by atoms with Crippen LogP contribution in [0.25, 0.3) is 0 Å². The van der Waals surface area contributed by atoms with Gasteiger partial charge in [0.25, 0.3) is 5.56 Å². The molecule has 2 N–H and O–H groups in total. The molecule has 1 aromatic carbocycles. The van der Waals surface area contributed by atoms with E-state index in [-0.39, 0.29) is 23.8 Å². The first kappa shape index (κ1) is 16.2. The third kappa shape index (κ3) is 4.66. The van der Waals surface area contributed by atoms with Crippen molar-refractivity contribution in [3.63, 3.8) is 0 Å². The monoisotopic (exact) mass is 304 g/mol. The van der Waals surface area contributed by atoms with E-state index in [0.717, 1.165) is 6.54 Å². The molecule has 0 aliphatic heterocycles. The van der Waals surface area contributed by atoms with Crippen molar-refractivity contribution in [2.24, 2.45) is 0 Å².